The van der Waals surface area contributed by atoms with Crippen LogP contribution < -0.4 is 0 Å². The standard InChI is InChI=1S/C18H20/c1-13-5-7-17(15(3)11-13)9-10-18-8-6-14(2)12-16(18)4/h5-12H,1-4H3. The lowest BCUT2D eigenvalue weighted by atomic mass is 10.0. The van der Waals surface area contributed by atoms with Crippen LogP contribution >= 0.6 is 0 Å². The van der Waals surface area contributed by atoms with E-state index in [1.165, 1.54) is 33.4 Å². The summed E-state index contributed by atoms with van der Waals surface area (Å²) in [5.74, 6) is 0. The van der Waals surface area contributed by atoms with Crippen molar-refractivity contribution in [3.8, 4) is 0 Å². The van der Waals surface area contributed by atoms with Crippen molar-refractivity contribution in [2.75, 3.05) is 0 Å². The highest BCUT2D eigenvalue weighted by Crippen LogP contribution is 2.17. The Morgan fingerprint density at radius 1 is 0.611 bits per heavy atom. The van der Waals surface area contributed by atoms with Crippen LogP contribution in [0.25, 0.3) is 12.2 Å². The van der Waals surface area contributed by atoms with E-state index in [1.807, 2.05) is 0 Å². The first-order chi connectivity index (χ1) is 8.56. The van der Waals surface area contributed by atoms with Crippen LogP contribution in [0.5, 0.6) is 0 Å². The monoisotopic (exact) mass is 236 g/mol. The van der Waals surface area contributed by atoms with Crippen molar-refractivity contribution in [1.82, 2.24) is 0 Å². The average Bonchev–Trinajstić information content (AvgIpc) is 2.30. The van der Waals surface area contributed by atoms with E-state index < -0.39 is 0 Å². The van der Waals surface area contributed by atoms with Crippen molar-refractivity contribution < 1.29 is 0 Å². The smallest absolute Gasteiger partial charge is 0.0227 e. The molecule has 2 aromatic rings. The van der Waals surface area contributed by atoms with Crippen LogP contribution in [0.1, 0.15) is 33.4 Å². The Hall–Kier alpha value is -1.82. The van der Waals surface area contributed by atoms with Gasteiger partial charge in [0.1, 0.15) is 0 Å². The second-order valence-corrected chi connectivity index (χ2v) is 5.05. The van der Waals surface area contributed by atoms with Crippen LogP contribution in [0, 0.1) is 27.7 Å². The summed E-state index contributed by atoms with van der Waals surface area (Å²) in [4.78, 5) is 0. The van der Waals surface area contributed by atoms with Gasteiger partial charge >= 0.3 is 0 Å². The van der Waals surface area contributed by atoms with E-state index in [0.717, 1.165) is 0 Å². The van der Waals surface area contributed by atoms with Gasteiger partial charge in [-0.15, -0.1) is 0 Å². The fraction of sp³-hybridized carbons (Fsp3) is 0.222. The largest absolute Gasteiger partial charge is 0.0587 e. The molecule has 0 atom stereocenters. The summed E-state index contributed by atoms with van der Waals surface area (Å²) in [6, 6.07) is 13.1. The first kappa shape index (κ1) is 12.6. The number of aryl methyl sites for hydroxylation is 4. The molecule has 0 heteroatoms. The zero-order chi connectivity index (χ0) is 13.1. The minimum atomic E-state index is 1.29. The van der Waals surface area contributed by atoms with Crippen molar-refractivity contribution in [3.63, 3.8) is 0 Å². The number of rotatable bonds is 2. The molecule has 0 aliphatic carbocycles. The molecule has 0 aliphatic heterocycles. The minimum Gasteiger partial charge on any atom is -0.0587 e. The molecule has 0 radical (unpaired) electrons. The SMILES string of the molecule is Cc1ccc(C=Cc2ccc(C)cc2C)c(C)c1. The molecule has 0 saturated heterocycles. The second kappa shape index (κ2) is 5.22. The maximum Gasteiger partial charge on any atom is -0.0227 e. The van der Waals surface area contributed by atoms with Gasteiger partial charge in [0.25, 0.3) is 0 Å². The fourth-order valence-electron chi connectivity index (χ4n) is 2.20. The third-order valence-corrected chi connectivity index (χ3v) is 3.29. The molecule has 0 fully saturated rings. The molecule has 2 rings (SSSR count). The second-order valence-electron chi connectivity index (χ2n) is 5.05. The Labute approximate surface area is 110 Å². The van der Waals surface area contributed by atoms with Crippen LogP contribution in [0.4, 0.5) is 0 Å². The predicted octanol–water partition coefficient (Wildman–Crippen LogP) is 5.09. The van der Waals surface area contributed by atoms with Crippen molar-refractivity contribution in [2.45, 2.75) is 27.7 Å². The lowest BCUT2D eigenvalue weighted by Crippen LogP contribution is -1.84. The van der Waals surface area contributed by atoms with Crippen molar-refractivity contribution in [2.24, 2.45) is 0 Å². The fourth-order valence-corrected chi connectivity index (χ4v) is 2.20. The van der Waals surface area contributed by atoms with E-state index in [4.69, 9.17) is 0 Å². The van der Waals surface area contributed by atoms with E-state index in [1.54, 1.807) is 0 Å². The first-order valence-corrected chi connectivity index (χ1v) is 6.39. The molecule has 92 valence electrons. The van der Waals surface area contributed by atoms with Gasteiger partial charge in [-0.25, -0.2) is 0 Å². The Bertz CT molecular complexity index is 535. The highest BCUT2D eigenvalue weighted by Gasteiger charge is 1.96. The maximum atomic E-state index is 2.22. The zero-order valence-corrected chi connectivity index (χ0v) is 11.6. The van der Waals surface area contributed by atoms with Gasteiger partial charge in [-0.1, -0.05) is 59.7 Å². The summed E-state index contributed by atoms with van der Waals surface area (Å²) >= 11 is 0. The summed E-state index contributed by atoms with van der Waals surface area (Å²) in [5.41, 5.74) is 7.88. The van der Waals surface area contributed by atoms with Gasteiger partial charge < -0.3 is 0 Å². The molecule has 0 nitrogen and oxygen atoms in total. The summed E-state index contributed by atoms with van der Waals surface area (Å²) < 4.78 is 0. The van der Waals surface area contributed by atoms with Gasteiger partial charge in [-0.2, -0.15) is 0 Å². The molecule has 0 unspecified atom stereocenters. The van der Waals surface area contributed by atoms with Crippen LogP contribution in [-0.2, 0) is 0 Å². The van der Waals surface area contributed by atoms with Crippen LogP contribution in [0.2, 0.25) is 0 Å². The van der Waals surface area contributed by atoms with Crippen LogP contribution in [0.3, 0.4) is 0 Å². The Balaban J connectivity index is 2.30. The van der Waals surface area contributed by atoms with Crippen molar-refractivity contribution in [3.05, 3.63) is 69.8 Å². The van der Waals surface area contributed by atoms with E-state index in [0.29, 0.717) is 0 Å². The molecular formula is C18H20. The van der Waals surface area contributed by atoms with Gasteiger partial charge in [-0.05, 0) is 49.9 Å². The molecular weight excluding hydrogens is 216 g/mol. The molecule has 0 bridgehead atoms. The van der Waals surface area contributed by atoms with E-state index in [-0.39, 0.29) is 0 Å². The zero-order valence-electron chi connectivity index (χ0n) is 11.6. The van der Waals surface area contributed by atoms with Gasteiger partial charge in [0.15, 0.2) is 0 Å². The first-order valence-electron chi connectivity index (χ1n) is 6.39. The van der Waals surface area contributed by atoms with Gasteiger partial charge in [-0.3, -0.25) is 0 Å². The van der Waals surface area contributed by atoms with E-state index in [9.17, 15) is 0 Å². The lowest BCUT2D eigenvalue weighted by Gasteiger charge is -2.04. The highest BCUT2D eigenvalue weighted by atomic mass is 14.0. The van der Waals surface area contributed by atoms with Crippen molar-refractivity contribution in [1.29, 1.82) is 0 Å². The maximum absolute atomic E-state index is 2.22. The molecule has 2 aromatic carbocycles. The number of benzene rings is 2. The molecule has 0 aromatic heterocycles. The third kappa shape index (κ3) is 2.89. The minimum absolute atomic E-state index is 1.29. The summed E-state index contributed by atoms with van der Waals surface area (Å²) in [7, 11) is 0. The molecule has 0 heterocycles. The normalized spacial score (nSPS) is 11.1. The van der Waals surface area contributed by atoms with Crippen molar-refractivity contribution >= 4 is 12.2 Å². The summed E-state index contributed by atoms with van der Waals surface area (Å²) in [5, 5.41) is 0. The lowest BCUT2D eigenvalue weighted by molar-refractivity contribution is 1.36. The quantitative estimate of drug-likeness (QED) is 0.637. The van der Waals surface area contributed by atoms with E-state index in [2.05, 4.69) is 76.2 Å². The number of hydrogen-bond donors (Lipinski definition) is 0. The van der Waals surface area contributed by atoms with Crippen LogP contribution in [0.15, 0.2) is 36.4 Å². The van der Waals surface area contributed by atoms with Gasteiger partial charge in [0.2, 0.25) is 0 Å². The Morgan fingerprint density at radius 3 is 1.33 bits per heavy atom. The number of hydrogen-bond acceptors (Lipinski definition) is 0. The molecule has 0 aliphatic rings. The van der Waals surface area contributed by atoms with Crippen LogP contribution in [-0.4, -0.2) is 0 Å². The molecule has 0 amide bonds. The van der Waals surface area contributed by atoms with Gasteiger partial charge in [0, 0.05) is 0 Å². The Kier molecular flexibility index (Phi) is 3.66. The molecule has 0 spiro atoms. The highest BCUT2D eigenvalue weighted by molar-refractivity contribution is 5.72. The third-order valence-electron chi connectivity index (χ3n) is 3.29. The Morgan fingerprint density at radius 2 is 1.00 bits per heavy atom. The molecule has 18 heavy (non-hydrogen) atoms. The average molecular weight is 236 g/mol. The van der Waals surface area contributed by atoms with E-state index >= 15 is 0 Å². The summed E-state index contributed by atoms with van der Waals surface area (Å²) in [6.45, 7) is 8.58. The topological polar surface area (TPSA) is 0 Å². The molecule has 0 N–H and O–H groups in total. The molecule has 0 saturated carbocycles. The summed E-state index contributed by atoms with van der Waals surface area (Å²) in [6.07, 6.45) is 4.40. The predicted molar refractivity (Wildman–Crippen MR) is 80.8 cm³/mol. The van der Waals surface area contributed by atoms with Gasteiger partial charge in [0.05, 0.1) is 0 Å².